The van der Waals surface area contributed by atoms with Gasteiger partial charge in [0.15, 0.2) is 0 Å². The molecule has 10 rings (SSSR count). The Morgan fingerprint density at radius 3 is 1.98 bits per heavy atom. The molecular formula is C34H22BN3O2. The third kappa shape index (κ3) is 2.31. The van der Waals surface area contributed by atoms with E-state index < -0.39 is 25.8 Å². The van der Waals surface area contributed by atoms with Crippen LogP contribution in [0.1, 0.15) is 33.1 Å². The van der Waals surface area contributed by atoms with Crippen molar-refractivity contribution in [3.05, 3.63) is 108 Å². The molecule has 2 aromatic heterocycles. The molecule has 6 heteroatoms. The molecule has 3 aliphatic heterocycles. The van der Waals surface area contributed by atoms with E-state index in [4.69, 9.17) is 22.7 Å². The van der Waals surface area contributed by atoms with Gasteiger partial charge in [-0.15, -0.1) is 0 Å². The molecule has 0 atom stereocenters. The van der Waals surface area contributed by atoms with Gasteiger partial charge in [0, 0.05) is 31.2 Å². The van der Waals surface area contributed by atoms with Crippen LogP contribution in [0.3, 0.4) is 0 Å². The van der Waals surface area contributed by atoms with Gasteiger partial charge in [-0.2, -0.15) is 0 Å². The summed E-state index contributed by atoms with van der Waals surface area (Å²) in [6, 6.07) is 30.3. The Kier molecular flexibility index (Phi) is 2.75. The predicted octanol–water partition coefficient (Wildman–Crippen LogP) is 5.80. The van der Waals surface area contributed by atoms with Gasteiger partial charge in [-0.25, -0.2) is 4.98 Å². The predicted molar refractivity (Wildman–Crippen MR) is 159 cm³/mol. The van der Waals surface area contributed by atoms with Gasteiger partial charge < -0.3 is 9.47 Å². The highest BCUT2D eigenvalue weighted by molar-refractivity contribution is 6.99. The van der Waals surface area contributed by atoms with E-state index in [1.54, 1.807) is 36.4 Å². The minimum absolute atomic E-state index is 0.240. The summed E-state index contributed by atoms with van der Waals surface area (Å²) in [6.45, 7) is -6.26. The molecule has 5 heterocycles. The Morgan fingerprint density at radius 1 is 0.675 bits per heavy atom. The summed E-state index contributed by atoms with van der Waals surface area (Å²) in [5.41, 5.74) is 4.69. The first kappa shape index (κ1) is 16.2. The van der Waals surface area contributed by atoms with Gasteiger partial charge in [-0.05, 0) is 58.5 Å². The lowest BCUT2D eigenvalue weighted by Gasteiger charge is -2.44. The van der Waals surface area contributed by atoms with Gasteiger partial charge in [-0.3, -0.25) is 8.97 Å². The standard InChI is InChI=1S/C34H22BN3O2/c1-34(2)20-9-7-15-26-30(20)35-31-21(34)10-8-16-27(31)40-29-18-19(17-28(39-26)32(29)35)37-24-13-5-6-14-25(24)38-23-12-4-3-11-22(23)36-33(37)38/h3-18H,1-2H3/i1D3,2D3. The molecule has 0 fully saturated rings. The summed E-state index contributed by atoms with van der Waals surface area (Å²) >= 11 is 0. The van der Waals surface area contributed by atoms with Crippen LogP contribution in [0.4, 0.5) is 0 Å². The molecule has 0 amide bonds. The molecule has 0 N–H and O–H groups in total. The highest BCUT2D eigenvalue weighted by Crippen LogP contribution is 2.44. The summed E-state index contributed by atoms with van der Waals surface area (Å²) in [6.07, 6.45) is 0. The fourth-order valence-electron chi connectivity index (χ4n) is 7.11. The number of fused-ring (bicyclic) bond motifs is 5. The second-order valence-electron chi connectivity index (χ2n) is 10.7. The van der Waals surface area contributed by atoms with E-state index in [1.165, 1.54) is 0 Å². The van der Waals surface area contributed by atoms with E-state index >= 15 is 0 Å². The van der Waals surface area contributed by atoms with Gasteiger partial charge >= 0.3 is 0 Å². The topological polar surface area (TPSA) is 40.7 Å². The fraction of sp³-hybridized carbons (Fsp3) is 0.0882. The Hall–Kier alpha value is -4.97. The molecule has 0 spiro atoms. The van der Waals surface area contributed by atoms with Crippen LogP contribution in [0.2, 0.25) is 0 Å². The average Bonchev–Trinajstić information content (AvgIpc) is 3.54. The quantitative estimate of drug-likeness (QED) is 0.257. The second-order valence-corrected chi connectivity index (χ2v) is 10.7. The molecule has 0 unspecified atom stereocenters. The lowest BCUT2D eigenvalue weighted by molar-refractivity contribution is 0.459. The zero-order valence-corrected chi connectivity index (χ0v) is 21.0. The summed E-state index contributed by atoms with van der Waals surface area (Å²) in [5, 5.41) is 0. The van der Waals surface area contributed by atoms with Crippen LogP contribution in [-0.4, -0.2) is 20.7 Å². The third-order valence-electron chi connectivity index (χ3n) is 8.70. The van der Waals surface area contributed by atoms with Gasteiger partial charge in [0.25, 0.3) is 6.71 Å². The molecule has 0 saturated heterocycles. The number of rotatable bonds is 1. The smallest absolute Gasteiger partial charge is 0.261 e. The molecule has 0 aliphatic carbocycles. The van der Waals surface area contributed by atoms with Gasteiger partial charge in [-0.1, -0.05) is 62.2 Å². The Labute approximate surface area is 238 Å². The summed E-state index contributed by atoms with van der Waals surface area (Å²) in [7, 11) is 0. The molecular weight excluding hydrogens is 493 g/mol. The van der Waals surface area contributed by atoms with E-state index in [0.717, 1.165) is 39.0 Å². The van der Waals surface area contributed by atoms with E-state index in [9.17, 15) is 0 Å². The van der Waals surface area contributed by atoms with Gasteiger partial charge in [0.2, 0.25) is 5.78 Å². The number of nitrogens with zero attached hydrogens (tertiary/aromatic N) is 3. The molecule has 0 saturated carbocycles. The maximum absolute atomic E-state index is 8.70. The molecule has 0 bridgehead atoms. The van der Waals surface area contributed by atoms with Crippen LogP contribution in [0.5, 0.6) is 23.0 Å². The van der Waals surface area contributed by atoms with Crippen LogP contribution in [0.15, 0.2) is 97.1 Å². The summed E-state index contributed by atoms with van der Waals surface area (Å²) < 4.78 is 69.6. The van der Waals surface area contributed by atoms with Crippen LogP contribution in [0.25, 0.3) is 33.5 Å². The number of para-hydroxylation sites is 4. The third-order valence-corrected chi connectivity index (χ3v) is 8.70. The van der Waals surface area contributed by atoms with Crippen molar-refractivity contribution in [2.45, 2.75) is 19.1 Å². The van der Waals surface area contributed by atoms with Crippen molar-refractivity contribution < 1.29 is 17.7 Å². The van der Waals surface area contributed by atoms with Gasteiger partial charge in [0.1, 0.15) is 23.0 Å². The fourth-order valence-corrected chi connectivity index (χ4v) is 7.11. The zero-order valence-electron chi connectivity index (χ0n) is 27.0. The number of hydrogen-bond acceptors (Lipinski definition) is 3. The largest absolute Gasteiger partial charge is 0.458 e. The first-order valence-corrected chi connectivity index (χ1v) is 13.3. The monoisotopic (exact) mass is 521 g/mol. The molecule has 188 valence electrons. The van der Waals surface area contributed by atoms with Crippen molar-refractivity contribution in [1.29, 1.82) is 0 Å². The SMILES string of the molecule is [2H]C([2H])([2H])C1(C([2H])([2H])[2H])c2cccc3c2B2c4c(cc(-n5c6ccccc6n6c7ccccc7nc56)cc4Oc4cccc1c42)O3. The van der Waals surface area contributed by atoms with E-state index in [1.807, 2.05) is 42.5 Å². The summed E-state index contributed by atoms with van der Waals surface area (Å²) in [4.78, 5) is 5.02. The minimum atomic E-state index is -2.90. The van der Waals surface area contributed by atoms with Crippen LogP contribution in [-0.2, 0) is 5.41 Å². The normalized spacial score (nSPS) is 18.1. The minimum Gasteiger partial charge on any atom is -0.458 e. The van der Waals surface area contributed by atoms with Crippen molar-refractivity contribution in [3.63, 3.8) is 0 Å². The molecule has 5 nitrogen and oxygen atoms in total. The van der Waals surface area contributed by atoms with Crippen LogP contribution in [0, 0.1) is 0 Å². The second kappa shape index (κ2) is 6.78. The number of ether oxygens (including phenoxy) is 2. The maximum Gasteiger partial charge on any atom is 0.261 e. The Balaban J connectivity index is 1.29. The number of aromatic nitrogens is 3. The van der Waals surface area contributed by atoms with E-state index in [0.29, 0.717) is 33.9 Å². The average molecular weight is 521 g/mol. The van der Waals surface area contributed by atoms with Crippen molar-refractivity contribution >= 4 is 50.9 Å². The molecule has 7 aromatic rings. The highest BCUT2D eigenvalue weighted by Gasteiger charge is 2.49. The van der Waals surface area contributed by atoms with Crippen molar-refractivity contribution in [1.82, 2.24) is 14.0 Å². The first-order valence-electron chi connectivity index (χ1n) is 16.3. The first-order chi connectivity index (χ1) is 22.1. The Bertz CT molecular complexity index is 2400. The van der Waals surface area contributed by atoms with Gasteiger partial charge in [0.05, 0.1) is 27.8 Å². The molecule has 3 aliphatic rings. The molecule has 5 aromatic carbocycles. The van der Waals surface area contributed by atoms with E-state index in [-0.39, 0.29) is 11.1 Å². The lowest BCUT2D eigenvalue weighted by atomic mass is 9.30. The van der Waals surface area contributed by atoms with Crippen molar-refractivity contribution in [2.75, 3.05) is 0 Å². The molecule has 40 heavy (non-hydrogen) atoms. The summed E-state index contributed by atoms with van der Waals surface area (Å²) in [5.74, 6) is 2.74. The van der Waals surface area contributed by atoms with Crippen LogP contribution >= 0.6 is 0 Å². The maximum atomic E-state index is 8.70. The zero-order chi connectivity index (χ0) is 31.3. The number of hydrogen-bond donors (Lipinski definition) is 0. The van der Waals surface area contributed by atoms with E-state index in [2.05, 4.69) is 27.2 Å². The van der Waals surface area contributed by atoms with Crippen molar-refractivity contribution in [3.8, 4) is 28.7 Å². The number of imidazole rings is 2. The lowest BCUT2D eigenvalue weighted by Crippen LogP contribution is -2.64. The van der Waals surface area contributed by atoms with Crippen LogP contribution < -0.4 is 25.9 Å². The molecule has 0 radical (unpaired) electrons. The highest BCUT2D eigenvalue weighted by atomic mass is 16.5. The number of benzene rings is 5. The Morgan fingerprint density at radius 2 is 1.30 bits per heavy atom. The van der Waals surface area contributed by atoms with Crippen molar-refractivity contribution in [2.24, 2.45) is 0 Å².